The molecule has 1 aromatic heterocycles. The van der Waals surface area contributed by atoms with Gasteiger partial charge in [-0.15, -0.1) is 0 Å². The Balaban J connectivity index is 1.76. The number of hydrogen-bond acceptors (Lipinski definition) is 5. The lowest BCUT2D eigenvalue weighted by Crippen LogP contribution is -2.32. The normalized spacial score (nSPS) is 10.6. The number of methoxy groups -OCH3 is 1. The maximum Gasteiger partial charge on any atom is 0.236 e. The predicted octanol–water partition coefficient (Wildman–Crippen LogP) is 3.90. The molecule has 3 aromatic rings. The van der Waals surface area contributed by atoms with E-state index in [1.807, 2.05) is 55.5 Å². The van der Waals surface area contributed by atoms with Crippen molar-refractivity contribution >= 4 is 11.6 Å². The van der Waals surface area contributed by atoms with Gasteiger partial charge in [0, 0.05) is 17.8 Å². The molecular weight excluding hydrogens is 342 g/mol. The fourth-order valence-electron chi connectivity index (χ4n) is 2.96. The summed E-state index contributed by atoms with van der Waals surface area (Å²) in [6, 6.07) is 15.3. The molecule has 2 aromatic carbocycles. The fourth-order valence-corrected chi connectivity index (χ4v) is 2.96. The molecule has 0 atom stereocenters. The van der Waals surface area contributed by atoms with E-state index in [4.69, 9.17) is 9.26 Å². The molecular formula is C21H23N3O3. The molecule has 6 heteroatoms. The molecule has 0 bridgehead atoms. The zero-order chi connectivity index (χ0) is 19.2. The van der Waals surface area contributed by atoms with Crippen LogP contribution in [0.4, 0.5) is 5.69 Å². The van der Waals surface area contributed by atoms with Gasteiger partial charge in [-0.2, -0.15) is 4.98 Å². The summed E-state index contributed by atoms with van der Waals surface area (Å²) in [5, 5.41) is 3.99. The number of nitrogens with zero attached hydrogens (tertiary/aromatic N) is 3. The van der Waals surface area contributed by atoms with Crippen molar-refractivity contribution in [1.29, 1.82) is 0 Å². The topological polar surface area (TPSA) is 68.5 Å². The van der Waals surface area contributed by atoms with E-state index in [2.05, 4.69) is 17.1 Å². The van der Waals surface area contributed by atoms with Gasteiger partial charge in [-0.1, -0.05) is 30.3 Å². The third-order valence-electron chi connectivity index (χ3n) is 4.40. The van der Waals surface area contributed by atoms with Crippen LogP contribution < -0.4 is 9.64 Å². The van der Waals surface area contributed by atoms with E-state index >= 15 is 0 Å². The third kappa shape index (κ3) is 4.16. The lowest BCUT2D eigenvalue weighted by Gasteiger charge is -2.23. The molecule has 0 aliphatic rings. The molecule has 1 amide bonds. The number of ether oxygens (including phenoxy) is 1. The summed E-state index contributed by atoms with van der Waals surface area (Å²) in [5.74, 6) is 1.45. The first-order valence-electron chi connectivity index (χ1n) is 9.01. The minimum atomic E-state index is -0.0664. The Morgan fingerprint density at radius 2 is 1.85 bits per heavy atom. The van der Waals surface area contributed by atoms with Crippen molar-refractivity contribution in [2.75, 3.05) is 18.6 Å². The quantitative estimate of drug-likeness (QED) is 0.635. The highest BCUT2D eigenvalue weighted by Gasteiger charge is 2.20. The van der Waals surface area contributed by atoms with Crippen molar-refractivity contribution in [3.63, 3.8) is 0 Å². The standard InChI is InChI=1S/C21H23N3O3/c1-4-15-8-6-7-9-18(15)24(5-2)20(25)14-19-22-21(23-27-19)16-10-12-17(26-3)13-11-16/h6-13H,4-5,14H2,1-3H3. The lowest BCUT2D eigenvalue weighted by molar-refractivity contribution is -0.118. The van der Waals surface area contributed by atoms with Gasteiger partial charge in [0.25, 0.3) is 0 Å². The van der Waals surface area contributed by atoms with Crippen molar-refractivity contribution in [1.82, 2.24) is 10.1 Å². The molecule has 140 valence electrons. The highest BCUT2D eigenvalue weighted by atomic mass is 16.5. The lowest BCUT2D eigenvalue weighted by atomic mass is 10.1. The highest BCUT2D eigenvalue weighted by Crippen LogP contribution is 2.23. The second-order valence-electron chi connectivity index (χ2n) is 6.04. The first kappa shape index (κ1) is 18.6. The Labute approximate surface area is 158 Å². The number of carbonyl (C=O) groups excluding carboxylic acids is 1. The third-order valence-corrected chi connectivity index (χ3v) is 4.40. The largest absolute Gasteiger partial charge is 0.497 e. The summed E-state index contributed by atoms with van der Waals surface area (Å²) in [4.78, 5) is 18.9. The summed E-state index contributed by atoms with van der Waals surface area (Å²) in [7, 11) is 1.61. The van der Waals surface area contributed by atoms with E-state index in [1.165, 1.54) is 0 Å². The molecule has 0 radical (unpaired) electrons. The summed E-state index contributed by atoms with van der Waals surface area (Å²) >= 11 is 0. The minimum absolute atomic E-state index is 0.0645. The van der Waals surface area contributed by atoms with Crippen LogP contribution in [0.2, 0.25) is 0 Å². The number of carbonyl (C=O) groups is 1. The Bertz CT molecular complexity index is 903. The summed E-state index contributed by atoms with van der Waals surface area (Å²) in [6.07, 6.45) is 0.928. The minimum Gasteiger partial charge on any atom is -0.497 e. The van der Waals surface area contributed by atoms with Crippen molar-refractivity contribution < 1.29 is 14.1 Å². The number of aromatic nitrogens is 2. The summed E-state index contributed by atoms with van der Waals surface area (Å²) < 4.78 is 10.4. The molecule has 0 fully saturated rings. The first-order valence-corrected chi connectivity index (χ1v) is 9.01. The van der Waals surface area contributed by atoms with Crippen LogP contribution in [0.3, 0.4) is 0 Å². The van der Waals surface area contributed by atoms with Crippen molar-refractivity contribution in [2.45, 2.75) is 26.7 Å². The average Bonchev–Trinajstić information content (AvgIpc) is 3.17. The fraction of sp³-hybridized carbons (Fsp3) is 0.286. The van der Waals surface area contributed by atoms with Crippen LogP contribution >= 0.6 is 0 Å². The molecule has 1 heterocycles. The number of benzene rings is 2. The molecule has 0 N–H and O–H groups in total. The van der Waals surface area contributed by atoms with E-state index in [0.29, 0.717) is 18.3 Å². The van der Waals surface area contributed by atoms with Gasteiger partial charge in [-0.05, 0) is 49.2 Å². The number of anilines is 1. The van der Waals surface area contributed by atoms with E-state index in [0.717, 1.165) is 29.0 Å². The van der Waals surface area contributed by atoms with Crippen LogP contribution in [0.25, 0.3) is 11.4 Å². The van der Waals surface area contributed by atoms with Gasteiger partial charge >= 0.3 is 0 Å². The molecule has 3 rings (SSSR count). The van der Waals surface area contributed by atoms with Crippen LogP contribution in [0.15, 0.2) is 53.1 Å². The van der Waals surface area contributed by atoms with E-state index in [9.17, 15) is 4.79 Å². The van der Waals surface area contributed by atoms with Gasteiger partial charge < -0.3 is 14.2 Å². The van der Waals surface area contributed by atoms with E-state index < -0.39 is 0 Å². The van der Waals surface area contributed by atoms with Gasteiger partial charge in [0.15, 0.2) is 0 Å². The van der Waals surface area contributed by atoms with Crippen molar-refractivity contribution in [2.24, 2.45) is 0 Å². The Kier molecular flexibility index (Phi) is 5.86. The number of para-hydroxylation sites is 1. The molecule has 0 aliphatic heterocycles. The maximum absolute atomic E-state index is 12.8. The summed E-state index contributed by atoms with van der Waals surface area (Å²) in [6.45, 7) is 4.62. The van der Waals surface area contributed by atoms with Gasteiger partial charge in [-0.25, -0.2) is 0 Å². The molecule has 0 aliphatic carbocycles. The Morgan fingerprint density at radius 3 is 2.52 bits per heavy atom. The highest BCUT2D eigenvalue weighted by molar-refractivity contribution is 5.95. The summed E-state index contributed by atoms with van der Waals surface area (Å²) in [5.41, 5.74) is 2.88. The first-order chi connectivity index (χ1) is 13.2. The zero-order valence-electron chi connectivity index (χ0n) is 15.8. The zero-order valence-corrected chi connectivity index (χ0v) is 15.8. The second-order valence-corrected chi connectivity index (χ2v) is 6.04. The number of likely N-dealkylation sites (N-methyl/N-ethyl adjacent to an activating group) is 1. The molecule has 0 unspecified atom stereocenters. The Morgan fingerprint density at radius 1 is 1.11 bits per heavy atom. The monoisotopic (exact) mass is 365 g/mol. The molecule has 0 saturated heterocycles. The SMILES string of the molecule is CCc1ccccc1N(CC)C(=O)Cc1nc(-c2ccc(OC)cc2)no1. The van der Waals surface area contributed by atoms with Crippen LogP contribution in [0, 0.1) is 0 Å². The Hall–Kier alpha value is -3.15. The van der Waals surface area contributed by atoms with E-state index in [1.54, 1.807) is 12.0 Å². The molecule has 0 saturated carbocycles. The molecule has 27 heavy (non-hydrogen) atoms. The number of rotatable bonds is 7. The predicted molar refractivity (Wildman–Crippen MR) is 104 cm³/mol. The number of aryl methyl sites for hydroxylation is 1. The van der Waals surface area contributed by atoms with Crippen LogP contribution in [-0.4, -0.2) is 29.7 Å². The van der Waals surface area contributed by atoms with Crippen LogP contribution in [0.1, 0.15) is 25.3 Å². The molecule has 0 spiro atoms. The maximum atomic E-state index is 12.8. The van der Waals surface area contributed by atoms with Crippen LogP contribution in [0.5, 0.6) is 5.75 Å². The smallest absolute Gasteiger partial charge is 0.236 e. The molecule has 6 nitrogen and oxygen atoms in total. The average molecular weight is 365 g/mol. The van der Waals surface area contributed by atoms with Gasteiger partial charge in [0.05, 0.1) is 7.11 Å². The van der Waals surface area contributed by atoms with Crippen LogP contribution in [-0.2, 0) is 17.6 Å². The number of amides is 1. The van der Waals surface area contributed by atoms with Crippen molar-refractivity contribution in [3.05, 3.63) is 60.0 Å². The van der Waals surface area contributed by atoms with Gasteiger partial charge in [0.2, 0.25) is 17.6 Å². The van der Waals surface area contributed by atoms with Gasteiger partial charge in [-0.3, -0.25) is 4.79 Å². The van der Waals surface area contributed by atoms with E-state index in [-0.39, 0.29) is 12.3 Å². The second kappa shape index (κ2) is 8.49. The number of hydrogen-bond donors (Lipinski definition) is 0. The van der Waals surface area contributed by atoms with Crippen molar-refractivity contribution in [3.8, 4) is 17.1 Å². The van der Waals surface area contributed by atoms with Gasteiger partial charge in [0.1, 0.15) is 12.2 Å².